The SMILES string of the molecule is CCc1nc2nc(OC)cc(OC)n2c1C. The summed E-state index contributed by atoms with van der Waals surface area (Å²) in [4.78, 5) is 8.72. The molecule has 0 atom stereocenters. The van der Waals surface area contributed by atoms with Gasteiger partial charge in [0.1, 0.15) is 0 Å². The third-order valence-electron chi connectivity index (χ3n) is 2.62. The van der Waals surface area contributed by atoms with Gasteiger partial charge in [-0.3, -0.25) is 4.40 Å². The normalized spacial score (nSPS) is 10.8. The smallest absolute Gasteiger partial charge is 0.240 e. The molecule has 2 aromatic heterocycles. The van der Waals surface area contributed by atoms with E-state index in [4.69, 9.17) is 9.47 Å². The van der Waals surface area contributed by atoms with E-state index < -0.39 is 0 Å². The largest absolute Gasteiger partial charge is 0.482 e. The van der Waals surface area contributed by atoms with Gasteiger partial charge in [0.05, 0.1) is 26.0 Å². The molecule has 0 aliphatic heterocycles. The second kappa shape index (κ2) is 4.00. The van der Waals surface area contributed by atoms with Gasteiger partial charge in [-0.15, -0.1) is 0 Å². The first-order chi connectivity index (χ1) is 7.71. The highest BCUT2D eigenvalue weighted by Crippen LogP contribution is 2.23. The third-order valence-corrected chi connectivity index (χ3v) is 2.62. The van der Waals surface area contributed by atoms with Gasteiger partial charge in [-0.25, -0.2) is 4.98 Å². The maximum absolute atomic E-state index is 5.31. The molecule has 0 unspecified atom stereocenters. The van der Waals surface area contributed by atoms with Crippen LogP contribution in [0.4, 0.5) is 0 Å². The van der Waals surface area contributed by atoms with Gasteiger partial charge < -0.3 is 9.47 Å². The average Bonchev–Trinajstić information content (AvgIpc) is 2.65. The van der Waals surface area contributed by atoms with Crippen molar-refractivity contribution in [3.05, 3.63) is 17.5 Å². The molecule has 16 heavy (non-hydrogen) atoms. The zero-order chi connectivity index (χ0) is 11.7. The number of aromatic nitrogens is 3. The van der Waals surface area contributed by atoms with Gasteiger partial charge in [0.15, 0.2) is 0 Å². The Hall–Kier alpha value is -1.78. The third kappa shape index (κ3) is 1.48. The molecular formula is C11H15N3O2. The molecule has 0 saturated carbocycles. The minimum atomic E-state index is 0.511. The molecule has 0 spiro atoms. The van der Waals surface area contributed by atoms with E-state index in [-0.39, 0.29) is 0 Å². The summed E-state index contributed by atoms with van der Waals surface area (Å²) >= 11 is 0. The van der Waals surface area contributed by atoms with Gasteiger partial charge in [-0.1, -0.05) is 6.92 Å². The Balaban J connectivity index is 2.76. The molecule has 86 valence electrons. The molecule has 0 amide bonds. The summed E-state index contributed by atoms with van der Waals surface area (Å²) in [5.74, 6) is 1.81. The van der Waals surface area contributed by atoms with Crippen molar-refractivity contribution in [2.75, 3.05) is 14.2 Å². The van der Waals surface area contributed by atoms with Crippen molar-refractivity contribution >= 4 is 5.78 Å². The molecule has 0 aliphatic carbocycles. The van der Waals surface area contributed by atoms with Gasteiger partial charge >= 0.3 is 0 Å². The minimum Gasteiger partial charge on any atom is -0.482 e. The first-order valence-corrected chi connectivity index (χ1v) is 5.18. The lowest BCUT2D eigenvalue weighted by Gasteiger charge is -2.07. The van der Waals surface area contributed by atoms with E-state index in [2.05, 4.69) is 16.9 Å². The second-order valence-corrected chi connectivity index (χ2v) is 3.47. The Bertz CT molecular complexity index is 519. The van der Waals surface area contributed by atoms with E-state index in [0.29, 0.717) is 17.5 Å². The summed E-state index contributed by atoms with van der Waals surface area (Å²) in [6.45, 7) is 4.08. The Kier molecular flexibility index (Phi) is 2.68. The van der Waals surface area contributed by atoms with Crippen LogP contribution in [-0.4, -0.2) is 28.6 Å². The second-order valence-electron chi connectivity index (χ2n) is 3.47. The molecule has 0 fully saturated rings. The van der Waals surface area contributed by atoms with Crippen LogP contribution in [0.3, 0.4) is 0 Å². The van der Waals surface area contributed by atoms with Gasteiger partial charge in [0, 0.05) is 5.69 Å². The lowest BCUT2D eigenvalue weighted by Crippen LogP contribution is -2.00. The Labute approximate surface area is 94.0 Å². The molecule has 0 aromatic carbocycles. The molecule has 0 bridgehead atoms. The highest BCUT2D eigenvalue weighted by Gasteiger charge is 2.13. The van der Waals surface area contributed by atoms with E-state index in [0.717, 1.165) is 17.8 Å². The summed E-state index contributed by atoms with van der Waals surface area (Å²) in [7, 11) is 3.20. The molecule has 0 N–H and O–H groups in total. The number of imidazole rings is 1. The number of aryl methyl sites for hydroxylation is 2. The van der Waals surface area contributed by atoms with Gasteiger partial charge in [-0.2, -0.15) is 4.98 Å². The molecular weight excluding hydrogens is 206 g/mol. The monoisotopic (exact) mass is 221 g/mol. The molecule has 2 heterocycles. The zero-order valence-corrected chi connectivity index (χ0v) is 9.94. The first-order valence-electron chi connectivity index (χ1n) is 5.18. The van der Waals surface area contributed by atoms with E-state index >= 15 is 0 Å². The molecule has 0 radical (unpaired) electrons. The number of hydrogen-bond acceptors (Lipinski definition) is 4. The number of hydrogen-bond donors (Lipinski definition) is 0. The van der Waals surface area contributed by atoms with E-state index in [1.165, 1.54) is 0 Å². The first kappa shape index (κ1) is 10.7. The highest BCUT2D eigenvalue weighted by molar-refractivity contribution is 5.43. The molecule has 2 rings (SSSR count). The van der Waals surface area contributed by atoms with Crippen LogP contribution in [0.5, 0.6) is 11.8 Å². The van der Waals surface area contributed by atoms with Crippen LogP contribution >= 0.6 is 0 Å². The van der Waals surface area contributed by atoms with Crippen molar-refractivity contribution in [3.8, 4) is 11.8 Å². The van der Waals surface area contributed by atoms with Crippen LogP contribution < -0.4 is 9.47 Å². The van der Waals surface area contributed by atoms with Crippen LogP contribution in [0.2, 0.25) is 0 Å². The van der Waals surface area contributed by atoms with Gasteiger partial charge in [0.2, 0.25) is 17.5 Å². The van der Waals surface area contributed by atoms with Crippen molar-refractivity contribution in [1.29, 1.82) is 0 Å². The molecule has 5 nitrogen and oxygen atoms in total. The van der Waals surface area contributed by atoms with Gasteiger partial charge in [-0.05, 0) is 13.3 Å². The molecule has 2 aromatic rings. The molecule has 0 saturated heterocycles. The summed E-state index contributed by atoms with van der Waals surface area (Å²) in [5, 5.41) is 0. The minimum absolute atomic E-state index is 0.511. The van der Waals surface area contributed by atoms with Gasteiger partial charge in [0.25, 0.3) is 0 Å². The van der Waals surface area contributed by atoms with E-state index in [1.54, 1.807) is 20.3 Å². The lowest BCUT2D eigenvalue weighted by atomic mass is 10.3. The Morgan fingerprint density at radius 1 is 1.25 bits per heavy atom. The number of methoxy groups -OCH3 is 2. The average molecular weight is 221 g/mol. The summed E-state index contributed by atoms with van der Waals surface area (Å²) < 4.78 is 12.3. The van der Waals surface area contributed by atoms with Crippen LogP contribution in [0.25, 0.3) is 5.78 Å². The fourth-order valence-electron chi connectivity index (χ4n) is 1.76. The van der Waals surface area contributed by atoms with Crippen molar-refractivity contribution < 1.29 is 9.47 Å². The topological polar surface area (TPSA) is 48.7 Å². The number of fused-ring (bicyclic) bond motifs is 1. The molecule has 0 aliphatic rings. The fraction of sp³-hybridized carbons (Fsp3) is 0.455. The van der Waals surface area contributed by atoms with Crippen molar-refractivity contribution in [2.45, 2.75) is 20.3 Å². The summed E-state index contributed by atoms with van der Waals surface area (Å²) in [6, 6.07) is 1.75. The lowest BCUT2D eigenvalue weighted by molar-refractivity contribution is 0.369. The van der Waals surface area contributed by atoms with Crippen molar-refractivity contribution in [3.63, 3.8) is 0 Å². The predicted molar refractivity (Wildman–Crippen MR) is 60.2 cm³/mol. The van der Waals surface area contributed by atoms with Crippen LogP contribution in [-0.2, 0) is 6.42 Å². The molecule has 5 heteroatoms. The maximum Gasteiger partial charge on any atom is 0.240 e. The maximum atomic E-state index is 5.31. The highest BCUT2D eigenvalue weighted by atomic mass is 16.5. The van der Waals surface area contributed by atoms with Crippen LogP contribution in [0.1, 0.15) is 18.3 Å². The quantitative estimate of drug-likeness (QED) is 0.790. The zero-order valence-electron chi connectivity index (χ0n) is 9.94. The Morgan fingerprint density at radius 2 is 2.00 bits per heavy atom. The predicted octanol–water partition coefficient (Wildman–Crippen LogP) is 1.62. The van der Waals surface area contributed by atoms with Crippen LogP contribution in [0.15, 0.2) is 6.07 Å². The number of nitrogens with zero attached hydrogens (tertiary/aromatic N) is 3. The summed E-state index contributed by atoms with van der Waals surface area (Å²) in [5.41, 5.74) is 2.09. The standard InChI is InChI=1S/C11H15N3O2/c1-5-8-7(2)14-10(16-4)6-9(15-3)13-11(14)12-8/h6H,5H2,1-4H3. The number of ether oxygens (including phenoxy) is 2. The fourth-order valence-corrected chi connectivity index (χ4v) is 1.76. The van der Waals surface area contributed by atoms with Crippen molar-refractivity contribution in [2.24, 2.45) is 0 Å². The van der Waals surface area contributed by atoms with E-state index in [1.807, 2.05) is 11.3 Å². The van der Waals surface area contributed by atoms with Crippen LogP contribution in [0, 0.1) is 6.92 Å². The van der Waals surface area contributed by atoms with Crippen molar-refractivity contribution in [1.82, 2.24) is 14.4 Å². The van der Waals surface area contributed by atoms with E-state index in [9.17, 15) is 0 Å². The summed E-state index contributed by atoms with van der Waals surface area (Å²) in [6.07, 6.45) is 0.876. The number of rotatable bonds is 3. The Morgan fingerprint density at radius 3 is 2.56 bits per heavy atom.